The van der Waals surface area contributed by atoms with Crippen LogP contribution in [0.2, 0.25) is 0 Å². The summed E-state index contributed by atoms with van der Waals surface area (Å²) in [5, 5.41) is 1.38. The fourth-order valence-electron chi connectivity index (χ4n) is 5.12. The molecule has 0 unspecified atom stereocenters. The number of carbonyl (C=O) groups excluding carboxylic acids is 1. The van der Waals surface area contributed by atoms with Crippen LogP contribution in [-0.4, -0.2) is 34.5 Å². The summed E-state index contributed by atoms with van der Waals surface area (Å²) in [7, 11) is 0. The maximum absolute atomic E-state index is 11.6. The zero-order valence-corrected chi connectivity index (χ0v) is 16.6. The number of benzene rings is 1. The van der Waals surface area contributed by atoms with Crippen molar-refractivity contribution in [2.45, 2.75) is 58.0 Å². The molecule has 0 bridgehead atoms. The molecule has 0 spiro atoms. The van der Waals surface area contributed by atoms with Gasteiger partial charge in [0, 0.05) is 27.5 Å². The largest absolute Gasteiger partial charge is 0.368 e. The number of piperidine rings is 1. The summed E-state index contributed by atoms with van der Waals surface area (Å²) >= 11 is 3.70. The van der Waals surface area contributed by atoms with E-state index in [9.17, 15) is 4.79 Å². The fraction of sp³-hybridized carbons (Fsp3) is 0.550. The van der Waals surface area contributed by atoms with E-state index in [1.165, 1.54) is 54.6 Å². The van der Waals surface area contributed by atoms with Crippen LogP contribution in [0.1, 0.15) is 48.9 Å². The highest BCUT2D eigenvalue weighted by Gasteiger charge is 2.38. The summed E-state index contributed by atoms with van der Waals surface area (Å²) in [5.41, 5.74) is 10.8. The summed E-state index contributed by atoms with van der Waals surface area (Å²) in [6.07, 6.45) is 4.82. The number of carbonyl (C=O) groups is 1. The topological polar surface area (TPSA) is 51.3 Å². The molecule has 4 nitrogen and oxygen atoms in total. The molecule has 2 atom stereocenters. The maximum Gasteiger partial charge on any atom is 0.237 e. The monoisotopic (exact) mass is 403 g/mol. The molecule has 1 saturated heterocycles. The second kappa shape index (κ2) is 6.44. The van der Waals surface area contributed by atoms with Crippen molar-refractivity contribution in [3.8, 4) is 0 Å². The van der Waals surface area contributed by atoms with Crippen molar-refractivity contribution in [3.05, 3.63) is 33.4 Å². The lowest BCUT2D eigenvalue weighted by Gasteiger charge is -2.44. The summed E-state index contributed by atoms with van der Waals surface area (Å²) in [6.45, 7) is 7.05. The smallest absolute Gasteiger partial charge is 0.237 e. The highest BCUT2D eigenvalue weighted by Crippen LogP contribution is 2.46. The second-order valence-electron chi connectivity index (χ2n) is 7.56. The van der Waals surface area contributed by atoms with Crippen LogP contribution in [-0.2, 0) is 17.8 Å². The van der Waals surface area contributed by atoms with Gasteiger partial charge in [-0.2, -0.15) is 0 Å². The number of fused-ring (bicyclic) bond motifs is 2. The molecule has 1 aromatic carbocycles. The molecule has 1 amide bonds. The van der Waals surface area contributed by atoms with Crippen LogP contribution in [0.15, 0.2) is 16.6 Å². The van der Waals surface area contributed by atoms with Crippen LogP contribution in [0, 0.1) is 6.92 Å². The number of amides is 1. The average molecular weight is 404 g/mol. The minimum Gasteiger partial charge on any atom is -0.368 e. The molecule has 2 aliphatic rings. The summed E-state index contributed by atoms with van der Waals surface area (Å²) in [4.78, 5) is 14.3. The number of halogens is 1. The minimum atomic E-state index is -0.280. The van der Waals surface area contributed by atoms with Crippen molar-refractivity contribution in [3.63, 3.8) is 0 Å². The zero-order chi connectivity index (χ0) is 17.7. The normalized spacial score (nSPS) is 23.0. The molecule has 2 heterocycles. The quantitative estimate of drug-likeness (QED) is 0.845. The van der Waals surface area contributed by atoms with Crippen molar-refractivity contribution in [2.24, 2.45) is 5.73 Å². The third kappa shape index (κ3) is 2.72. The summed E-state index contributed by atoms with van der Waals surface area (Å²) < 4.78 is 3.21. The molecule has 0 radical (unpaired) electrons. The predicted molar refractivity (Wildman–Crippen MR) is 105 cm³/mol. The van der Waals surface area contributed by atoms with Gasteiger partial charge in [0.2, 0.25) is 5.91 Å². The Morgan fingerprint density at radius 2 is 2.20 bits per heavy atom. The van der Waals surface area contributed by atoms with E-state index in [2.05, 4.69) is 51.4 Å². The van der Waals surface area contributed by atoms with Gasteiger partial charge in [-0.15, -0.1) is 0 Å². The van der Waals surface area contributed by atoms with E-state index >= 15 is 0 Å². The number of likely N-dealkylation sites (tertiary alicyclic amines) is 1. The molecule has 2 N–H and O–H groups in total. The number of hydrogen-bond donors (Lipinski definition) is 1. The Labute approximate surface area is 157 Å². The number of primary amides is 1. The van der Waals surface area contributed by atoms with E-state index < -0.39 is 0 Å². The van der Waals surface area contributed by atoms with Crippen molar-refractivity contribution in [2.75, 3.05) is 13.1 Å². The Morgan fingerprint density at radius 3 is 2.92 bits per heavy atom. The van der Waals surface area contributed by atoms with Gasteiger partial charge in [0.25, 0.3) is 0 Å². The van der Waals surface area contributed by atoms with Gasteiger partial charge in [-0.1, -0.05) is 22.9 Å². The number of hydrogen-bond acceptors (Lipinski definition) is 2. The summed E-state index contributed by atoms with van der Waals surface area (Å²) in [5.74, 6) is 0.314. The molecule has 134 valence electrons. The third-order valence-corrected chi connectivity index (χ3v) is 6.54. The molecule has 0 saturated carbocycles. The molecule has 2 aromatic rings. The first-order valence-electron chi connectivity index (χ1n) is 9.34. The third-order valence-electron chi connectivity index (χ3n) is 6.08. The maximum atomic E-state index is 11.6. The first-order valence-corrected chi connectivity index (χ1v) is 10.1. The van der Waals surface area contributed by atoms with Gasteiger partial charge >= 0.3 is 0 Å². The molecule has 5 heteroatoms. The Kier molecular flexibility index (Phi) is 4.40. The van der Waals surface area contributed by atoms with Crippen molar-refractivity contribution < 1.29 is 4.79 Å². The minimum absolute atomic E-state index is 0.256. The lowest BCUT2D eigenvalue weighted by atomic mass is 9.74. The fourth-order valence-corrected chi connectivity index (χ4v) is 5.58. The number of aromatic nitrogens is 1. The van der Waals surface area contributed by atoms with Crippen molar-refractivity contribution in [1.29, 1.82) is 0 Å². The number of nitrogens with two attached hydrogens (primary N) is 1. The van der Waals surface area contributed by atoms with Gasteiger partial charge in [-0.25, -0.2) is 0 Å². The van der Waals surface area contributed by atoms with Gasteiger partial charge < -0.3 is 10.3 Å². The van der Waals surface area contributed by atoms with E-state index in [1.54, 1.807) is 0 Å². The van der Waals surface area contributed by atoms with Gasteiger partial charge in [0.15, 0.2) is 0 Å². The van der Waals surface area contributed by atoms with Crippen LogP contribution in [0.25, 0.3) is 10.9 Å². The first-order chi connectivity index (χ1) is 12.0. The number of nitrogens with zero attached hydrogens (tertiary/aromatic N) is 2. The van der Waals surface area contributed by atoms with E-state index in [-0.39, 0.29) is 12.5 Å². The summed E-state index contributed by atoms with van der Waals surface area (Å²) in [6, 6.07) is 5.04. The van der Waals surface area contributed by atoms with Crippen molar-refractivity contribution >= 4 is 32.7 Å². The second-order valence-corrected chi connectivity index (χ2v) is 8.48. The molecule has 1 aliphatic carbocycles. The van der Waals surface area contributed by atoms with Gasteiger partial charge in [0.1, 0.15) is 6.54 Å². The van der Waals surface area contributed by atoms with E-state index in [0.717, 1.165) is 16.4 Å². The first kappa shape index (κ1) is 17.1. The molecular formula is C20H26BrN3O. The zero-order valence-electron chi connectivity index (χ0n) is 15.0. The Morgan fingerprint density at radius 1 is 1.40 bits per heavy atom. The molecule has 25 heavy (non-hydrogen) atoms. The standard InChI is InChI=1S/C20H26BrN3O/c1-3-6-23-7-4-5-14-16-8-13(21)9-18-20(16)15(10-17(14)23)12(2)24(18)11-19(22)25/h8-9,14,17H,3-7,10-11H2,1-2H3,(H2,22,25)/t14-,17-/m1/s1. The Balaban J connectivity index is 1.91. The number of rotatable bonds is 4. The molecule has 1 aromatic heterocycles. The SMILES string of the molecule is CCCN1CCC[C@@H]2c3cc(Br)cc4c3c(c(C)n4CC(N)=O)C[C@H]21. The van der Waals surface area contributed by atoms with Crippen LogP contribution in [0.4, 0.5) is 0 Å². The van der Waals surface area contributed by atoms with Gasteiger partial charge in [-0.05, 0) is 69.0 Å². The highest BCUT2D eigenvalue weighted by molar-refractivity contribution is 9.10. The van der Waals surface area contributed by atoms with E-state index in [0.29, 0.717) is 12.0 Å². The van der Waals surface area contributed by atoms with Crippen molar-refractivity contribution in [1.82, 2.24) is 9.47 Å². The van der Waals surface area contributed by atoms with E-state index in [1.807, 2.05) is 0 Å². The molecular weight excluding hydrogens is 378 g/mol. The molecule has 1 aliphatic heterocycles. The molecule has 1 fully saturated rings. The van der Waals surface area contributed by atoms with E-state index in [4.69, 9.17) is 5.73 Å². The highest BCUT2D eigenvalue weighted by atomic mass is 79.9. The molecule has 4 rings (SSSR count). The Bertz CT molecular complexity index is 839. The Hall–Kier alpha value is -1.33. The van der Waals surface area contributed by atoms with Crippen LogP contribution in [0.3, 0.4) is 0 Å². The van der Waals surface area contributed by atoms with Gasteiger partial charge in [0.05, 0.1) is 5.52 Å². The lowest BCUT2D eigenvalue weighted by molar-refractivity contribution is -0.118. The van der Waals surface area contributed by atoms with Crippen LogP contribution >= 0.6 is 15.9 Å². The lowest BCUT2D eigenvalue weighted by Crippen LogP contribution is -2.47. The van der Waals surface area contributed by atoms with Crippen LogP contribution < -0.4 is 5.73 Å². The van der Waals surface area contributed by atoms with Crippen LogP contribution in [0.5, 0.6) is 0 Å². The van der Waals surface area contributed by atoms with Gasteiger partial charge in [-0.3, -0.25) is 9.69 Å². The average Bonchev–Trinajstić information content (AvgIpc) is 2.82. The predicted octanol–water partition coefficient (Wildman–Crippen LogP) is 3.71.